The molecular weight excluding hydrogens is 314 g/mol. The second-order valence-corrected chi connectivity index (χ2v) is 6.78. The molecule has 0 amide bonds. The number of allylic oxidation sites excluding steroid dienone is 2. The number of hydrogen-bond acceptors (Lipinski definition) is 3. The van der Waals surface area contributed by atoms with E-state index in [1.807, 2.05) is 18.2 Å². The van der Waals surface area contributed by atoms with E-state index in [0.717, 1.165) is 23.4 Å². The van der Waals surface area contributed by atoms with Crippen LogP contribution in [0.25, 0.3) is 0 Å². The summed E-state index contributed by atoms with van der Waals surface area (Å²) in [5.74, 6) is 0.738. The van der Waals surface area contributed by atoms with Crippen molar-refractivity contribution in [1.82, 2.24) is 0 Å². The van der Waals surface area contributed by atoms with Crippen molar-refractivity contribution in [3.63, 3.8) is 0 Å². The highest BCUT2D eigenvalue weighted by molar-refractivity contribution is 5.87. The zero-order chi connectivity index (χ0) is 17.6. The van der Waals surface area contributed by atoms with Gasteiger partial charge >= 0.3 is 5.97 Å². The first-order chi connectivity index (χ1) is 12.1. The molecule has 0 aromatic heterocycles. The lowest BCUT2D eigenvalue weighted by Crippen LogP contribution is -2.30. The van der Waals surface area contributed by atoms with Gasteiger partial charge in [0.25, 0.3) is 0 Å². The van der Waals surface area contributed by atoms with Crippen LogP contribution in [0.5, 0.6) is 5.75 Å². The number of hydrogen-bond donors (Lipinski definition) is 2. The quantitative estimate of drug-likeness (QED) is 0.809. The zero-order valence-corrected chi connectivity index (χ0v) is 14.3. The van der Waals surface area contributed by atoms with Gasteiger partial charge in [-0.05, 0) is 54.2 Å². The molecule has 1 aliphatic carbocycles. The molecule has 0 radical (unpaired) electrons. The van der Waals surface area contributed by atoms with E-state index in [1.165, 1.54) is 11.1 Å². The van der Waals surface area contributed by atoms with Crippen molar-refractivity contribution in [3.05, 3.63) is 70.8 Å². The number of carboxylic acid groups (broad SMARTS) is 1. The molecule has 0 fully saturated rings. The Hall–Kier alpha value is -2.75. The van der Waals surface area contributed by atoms with Crippen LogP contribution in [0.3, 0.4) is 0 Å². The molecule has 128 valence electrons. The highest BCUT2D eigenvalue weighted by atomic mass is 16.5. The third-order valence-electron chi connectivity index (χ3n) is 5.44. The monoisotopic (exact) mass is 335 g/mol. The molecule has 2 aromatic carbocycles. The van der Waals surface area contributed by atoms with E-state index in [2.05, 4.69) is 30.5 Å². The van der Waals surface area contributed by atoms with Gasteiger partial charge in [0.15, 0.2) is 0 Å². The summed E-state index contributed by atoms with van der Waals surface area (Å²) in [6.07, 6.45) is 5.57. The van der Waals surface area contributed by atoms with Gasteiger partial charge in [-0.25, -0.2) is 4.79 Å². The molecule has 2 aromatic rings. The number of ether oxygens (including phenoxy) is 1. The third-order valence-corrected chi connectivity index (χ3v) is 5.44. The minimum absolute atomic E-state index is 0.131. The minimum Gasteiger partial charge on any atom is -0.495 e. The average molecular weight is 335 g/mol. The molecule has 0 bridgehead atoms. The van der Waals surface area contributed by atoms with Gasteiger partial charge in [0.1, 0.15) is 5.75 Å². The average Bonchev–Trinajstić information content (AvgIpc) is 3.11. The molecule has 1 aliphatic heterocycles. The van der Waals surface area contributed by atoms with E-state index >= 15 is 0 Å². The maximum absolute atomic E-state index is 11.1. The standard InChI is InChI=1S/C21H21NO3/c1-12-6-11-17(25-2)20-18(12)15-4-3-5-16(15)19(22-20)13-7-9-14(10-8-13)21(23)24/h3-4,6-11,15-16,19,22H,5H2,1-2H3,(H,23,24)/t15-,16+,19-/m0/s1. The van der Waals surface area contributed by atoms with Gasteiger partial charge in [0, 0.05) is 5.92 Å². The Morgan fingerprint density at radius 1 is 1.20 bits per heavy atom. The van der Waals surface area contributed by atoms with Crippen LogP contribution in [0.15, 0.2) is 48.6 Å². The number of aryl methyl sites for hydroxylation is 1. The molecule has 0 unspecified atom stereocenters. The second-order valence-electron chi connectivity index (χ2n) is 6.78. The number of methoxy groups -OCH3 is 1. The van der Waals surface area contributed by atoms with Crippen LogP contribution in [0.1, 0.15) is 45.4 Å². The SMILES string of the molecule is COc1ccc(C)c2c1N[C@@H](c1ccc(C(=O)O)cc1)[C@@H]1CC=C[C@H]21. The smallest absolute Gasteiger partial charge is 0.335 e. The number of fused-ring (bicyclic) bond motifs is 3. The third kappa shape index (κ3) is 2.49. The molecule has 2 N–H and O–H groups in total. The predicted octanol–water partition coefficient (Wildman–Crippen LogP) is 4.53. The lowest BCUT2D eigenvalue weighted by Gasteiger charge is -2.39. The molecular formula is C21H21NO3. The minimum atomic E-state index is -0.897. The maximum atomic E-state index is 11.1. The predicted molar refractivity (Wildman–Crippen MR) is 97.5 cm³/mol. The van der Waals surface area contributed by atoms with Crippen molar-refractivity contribution >= 4 is 11.7 Å². The van der Waals surface area contributed by atoms with Gasteiger partial charge in [-0.1, -0.05) is 30.4 Å². The van der Waals surface area contributed by atoms with E-state index in [4.69, 9.17) is 9.84 Å². The van der Waals surface area contributed by atoms with Crippen LogP contribution in [0, 0.1) is 12.8 Å². The van der Waals surface area contributed by atoms with Gasteiger partial charge in [0.2, 0.25) is 0 Å². The summed E-state index contributed by atoms with van der Waals surface area (Å²) in [7, 11) is 1.69. The molecule has 3 atom stereocenters. The van der Waals surface area contributed by atoms with Crippen LogP contribution < -0.4 is 10.1 Å². The fourth-order valence-electron chi connectivity index (χ4n) is 4.20. The van der Waals surface area contributed by atoms with Crippen LogP contribution in [-0.4, -0.2) is 18.2 Å². The van der Waals surface area contributed by atoms with Gasteiger partial charge in [-0.2, -0.15) is 0 Å². The highest BCUT2D eigenvalue weighted by Crippen LogP contribution is 2.53. The summed E-state index contributed by atoms with van der Waals surface area (Å²) < 4.78 is 5.59. The first-order valence-electron chi connectivity index (χ1n) is 8.54. The van der Waals surface area contributed by atoms with Crippen molar-refractivity contribution in [2.24, 2.45) is 5.92 Å². The normalized spacial score (nSPS) is 23.5. The van der Waals surface area contributed by atoms with Crippen molar-refractivity contribution in [3.8, 4) is 5.75 Å². The van der Waals surface area contributed by atoms with Crippen LogP contribution >= 0.6 is 0 Å². The Morgan fingerprint density at radius 2 is 1.96 bits per heavy atom. The first kappa shape index (κ1) is 15.8. The largest absolute Gasteiger partial charge is 0.495 e. The number of carboxylic acids is 1. The Bertz CT molecular complexity index is 854. The molecule has 4 heteroatoms. The van der Waals surface area contributed by atoms with Gasteiger partial charge in [-0.15, -0.1) is 0 Å². The second kappa shape index (κ2) is 5.96. The number of aromatic carboxylic acids is 1. The van der Waals surface area contributed by atoms with Crippen LogP contribution in [-0.2, 0) is 0 Å². The number of rotatable bonds is 3. The summed E-state index contributed by atoms with van der Waals surface area (Å²) in [5.41, 5.74) is 5.07. The number of benzene rings is 2. The van der Waals surface area contributed by atoms with E-state index in [0.29, 0.717) is 17.4 Å². The summed E-state index contributed by atoms with van der Waals surface area (Å²) in [6, 6.07) is 11.5. The Labute approximate surface area is 147 Å². The molecule has 2 aliphatic rings. The maximum Gasteiger partial charge on any atom is 0.335 e. The van der Waals surface area contributed by atoms with Gasteiger partial charge in [-0.3, -0.25) is 0 Å². The van der Waals surface area contributed by atoms with Crippen molar-refractivity contribution in [1.29, 1.82) is 0 Å². The Balaban J connectivity index is 1.79. The highest BCUT2D eigenvalue weighted by Gasteiger charge is 2.39. The summed E-state index contributed by atoms with van der Waals surface area (Å²) >= 11 is 0. The van der Waals surface area contributed by atoms with E-state index < -0.39 is 5.97 Å². The van der Waals surface area contributed by atoms with E-state index in [1.54, 1.807) is 19.2 Å². The fourth-order valence-corrected chi connectivity index (χ4v) is 4.20. The molecule has 0 saturated carbocycles. The fraction of sp³-hybridized carbons (Fsp3) is 0.286. The molecule has 25 heavy (non-hydrogen) atoms. The lowest BCUT2D eigenvalue weighted by molar-refractivity contribution is 0.0697. The van der Waals surface area contributed by atoms with E-state index in [9.17, 15) is 4.79 Å². The number of nitrogens with one attached hydrogen (secondary N) is 1. The zero-order valence-electron chi connectivity index (χ0n) is 14.3. The summed E-state index contributed by atoms with van der Waals surface area (Å²) in [4.78, 5) is 11.1. The summed E-state index contributed by atoms with van der Waals surface area (Å²) in [5, 5.41) is 12.8. The van der Waals surface area contributed by atoms with Crippen LogP contribution in [0.2, 0.25) is 0 Å². The molecule has 0 spiro atoms. The molecule has 0 saturated heterocycles. The van der Waals surface area contributed by atoms with Crippen molar-refractivity contribution in [2.45, 2.75) is 25.3 Å². The summed E-state index contributed by atoms with van der Waals surface area (Å²) in [6.45, 7) is 2.14. The molecule has 4 rings (SSSR count). The van der Waals surface area contributed by atoms with E-state index in [-0.39, 0.29) is 6.04 Å². The Kier molecular flexibility index (Phi) is 3.75. The first-order valence-corrected chi connectivity index (χ1v) is 8.54. The molecule has 1 heterocycles. The lowest BCUT2D eigenvalue weighted by atomic mass is 9.75. The van der Waals surface area contributed by atoms with Crippen molar-refractivity contribution < 1.29 is 14.6 Å². The van der Waals surface area contributed by atoms with Gasteiger partial charge in [0.05, 0.1) is 24.4 Å². The number of carbonyl (C=O) groups is 1. The number of anilines is 1. The molecule has 4 nitrogen and oxygen atoms in total. The topological polar surface area (TPSA) is 58.6 Å². The van der Waals surface area contributed by atoms with Gasteiger partial charge < -0.3 is 15.2 Å². The van der Waals surface area contributed by atoms with Crippen molar-refractivity contribution in [2.75, 3.05) is 12.4 Å². The van der Waals surface area contributed by atoms with Crippen LogP contribution in [0.4, 0.5) is 5.69 Å². The Morgan fingerprint density at radius 3 is 2.64 bits per heavy atom.